The van der Waals surface area contributed by atoms with Crippen LogP contribution in [-0.2, 0) is 16.0 Å². The first-order chi connectivity index (χ1) is 7.63. The van der Waals surface area contributed by atoms with Crippen LogP contribution in [0.25, 0.3) is 0 Å². The molecule has 4 nitrogen and oxygen atoms in total. The molecule has 0 aliphatic carbocycles. The van der Waals surface area contributed by atoms with Gasteiger partial charge in [-0.3, -0.25) is 4.79 Å². The zero-order valence-electron chi connectivity index (χ0n) is 8.90. The highest BCUT2D eigenvalue weighted by atomic mass is 16.4. The monoisotopic (exact) mass is 218 g/mol. The SMILES string of the molecule is CCc1ccccc1NC(=O)/C=C\C(=O)[O-]. The van der Waals surface area contributed by atoms with Gasteiger partial charge >= 0.3 is 0 Å². The fourth-order valence-corrected chi connectivity index (χ4v) is 1.27. The van der Waals surface area contributed by atoms with Gasteiger partial charge in [0, 0.05) is 11.8 Å². The molecule has 4 heteroatoms. The Morgan fingerprint density at radius 1 is 1.31 bits per heavy atom. The lowest BCUT2D eigenvalue weighted by atomic mass is 10.1. The Labute approximate surface area is 93.6 Å². The third kappa shape index (κ3) is 3.57. The minimum absolute atomic E-state index is 0.481. The zero-order valence-corrected chi connectivity index (χ0v) is 8.90. The minimum atomic E-state index is -1.39. The molecule has 0 bridgehead atoms. The molecule has 0 radical (unpaired) electrons. The van der Waals surface area contributed by atoms with Gasteiger partial charge in [-0.25, -0.2) is 0 Å². The van der Waals surface area contributed by atoms with E-state index in [0.29, 0.717) is 11.8 Å². The van der Waals surface area contributed by atoms with Crippen LogP contribution in [-0.4, -0.2) is 11.9 Å². The van der Waals surface area contributed by atoms with E-state index < -0.39 is 11.9 Å². The smallest absolute Gasteiger partial charge is 0.248 e. The van der Waals surface area contributed by atoms with Crippen molar-refractivity contribution >= 4 is 17.6 Å². The van der Waals surface area contributed by atoms with Crippen molar-refractivity contribution in [2.45, 2.75) is 13.3 Å². The molecule has 1 aromatic carbocycles. The molecule has 0 atom stereocenters. The minimum Gasteiger partial charge on any atom is -0.545 e. The van der Waals surface area contributed by atoms with E-state index in [0.717, 1.165) is 18.1 Å². The van der Waals surface area contributed by atoms with Crippen LogP contribution in [0.2, 0.25) is 0 Å². The van der Waals surface area contributed by atoms with Crippen molar-refractivity contribution in [2.24, 2.45) is 0 Å². The van der Waals surface area contributed by atoms with Crippen molar-refractivity contribution < 1.29 is 14.7 Å². The maximum atomic E-state index is 11.3. The van der Waals surface area contributed by atoms with Gasteiger partial charge in [0.15, 0.2) is 0 Å². The normalized spacial score (nSPS) is 10.3. The van der Waals surface area contributed by atoms with Gasteiger partial charge in [0.1, 0.15) is 0 Å². The molecule has 0 saturated heterocycles. The van der Waals surface area contributed by atoms with E-state index in [-0.39, 0.29) is 0 Å². The molecule has 0 unspecified atom stereocenters. The van der Waals surface area contributed by atoms with Gasteiger partial charge in [-0.15, -0.1) is 0 Å². The van der Waals surface area contributed by atoms with E-state index in [2.05, 4.69) is 5.32 Å². The van der Waals surface area contributed by atoms with Crippen LogP contribution in [0, 0.1) is 0 Å². The second kappa shape index (κ2) is 5.70. The Bertz CT molecular complexity index is 424. The molecule has 0 saturated carbocycles. The highest BCUT2D eigenvalue weighted by Crippen LogP contribution is 2.15. The number of anilines is 1. The van der Waals surface area contributed by atoms with E-state index in [4.69, 9.17) is 0 Å². The molecular weight excluding hydrogens is 206 g/mol. The topological polar surface area (TPSA) is 69.2 Å². The number of hydrogen-bond acceptors (Lipinski definition) is 3. The fourth-order valence-electron chi connectivity index (χ4n) is 1.27. The Hall–Kier alpha value is -2.10. The summed E-state index contributed by atoms with van der Waals surface area (Å²) in [5, 5.41) is 12.7. The van der Waals surface area contributed by atoms with Crippen molar-refractivity contribution in [3.8, 4) is 0 Å². The Morgan fingerprint density at radius 3 is 2.62 bits per heavy atom. The van der Waals surface area contributed by atoms with Gasteiger partial charge < -0.3 is 15.2 Å². The van der Waals surface area contributed by atoms with Gasteiger partial charge in [0.05, 0.1) is 5.97 Å². The average Bonchev–Trinajstić information content (AvgIpc) is 2.27. The highest BCUT2D eigenvalue weighted by Gasteiger charge is 2.01. The van der Waals surface area contributed by atoms with Crippen molar-refractivity contribution in [3.05, 3.63) is 42.0 Å². The zero-order chi connectivity index (χ0) is 12.0. The lowest BCUT2D eigenvalue weighted by molar-refractivity contribution is -0.297. The van der Waals surface area contributed by atoms with Gasteiger partial charge in [-0.1, -0.05) is 25.1 Å². The summed E-state index contributed by atoms with van der Waals surface area (Å²) in [5.74, 6) is -1.87. The largest absolute Gasteiger partial charge is 0.545 e. The standard InChI is InChI=1S/C12H13NO3/c1-2-9-5-3-4-6-10(9)13-11(14)7-8-12(15)16/h3-8H,2H2,1H3,(H,13,14)(H,15,16)/p-1/b8-7-. The number of carboxylic acids is 1. The number of rotatable bonds is 4. The maximum absolute atomic E-state index is 11.3. The van der Waals surface area contributed by atoms with Crippen LogP contribution in [0.1, 0.15) is 12.5 Å². The van der Waals surface area contributed by atoms with Gasteiger partial charge in [-0.2, -0.15) is 0 Å². The van der Waals surface area contributed by atoms with Crippen molar-refractivity contribution in [2.75, 3.05) is 5.32 Å². The summed E-state index contributed by atoms with van der Waals surface area (Å²) >= 11 is 0. The van der Waals surface area contributed by atoms with E-state index in [1.165, 1.54) is 0 Å². The van der Waals surface area contributed by atoms with Gasteiger partial charge in [0.2, 0.25) is 5.91 Å². The van der Waals surface area contributed by atoms with Crippen LogP contribution >= 0.6 is 0 Å². The molecular formula is C12H12NO3-. The van der Waals surface area contributed by atoms with Crippen molar-refractivity contribution in [3.63, 3.8) is 0 Å². The molecule has 0 aliphatic heterocycles. The van der Waals surface area contributed by atoms with E-state index >= 15 is 0 Å². The third-order valence-corrected chi connectivity index (χ3v) is 2.03. The van der Waals surface area contributed by atoms with Crippen molar-refractivity contribution in [1.82, 2.24) is 0 Å². The molecule has 0 aliphatic rings. The quantitative estimate of drug-likeness (QED) is 0.748. The number of aryl methyl sites for hydroxylation is 1. The highest BCUT2D eigenvalue weighted by molar-refractivity contribution is 6.02. The molecule has 0 spiro atoms. The average molecular weight is 218 g/mol. The van der Waals surface area contributed by atoms with E-state index in [1.54, 1.807) is 12.1 Å². The summed E-state index contributed by atoms with van der Waals surface area (Å²) in [4.78, 5) is 21.4. The second-order valence-corrected chi connectivity index (χ2v) is 3.15. The van der Waals surface area contributed by atoms with Crippen LogP contribution in [0.3, 0.4) is 0 Å². The van der Waals surface area contributed by atoms with Crippen molar-refractivity contribution in [1.29, 1.82) is 0 Å². The second-order valence-electron chi connectivity index (χ2n) is 3.15. The predicted octanol–water partition coefficient (Wildman–Crippen LogP) is 0.494. The summed E-state index contributed by atoms with van der Waals surface area (Å²) in [7, 11) is 0. The summed E-state index contributed by atoms with van der Waals surface area (Å²) in [6.45, 7) is 1.97. The molecule has 0 heterocycles. The number of para-hydroxylation sites is 1. The molecule has 16 heavy (non-hydrogen) atoms. The molecule has 1 N–H and O–H groups in total. The Kier molecular flexibility index (Phi) is 4.27. The van der Waals surface area contributed by atoms with Crippen LogP contribution in [0.15, 0.2) is 36.4 Å². The number of aliphatic carboxylic acids is 1. The van der Waals surface area contributed by atoms with Gasteiger partial charge in [0.25, 0.3) is 0 Å². The molecule has 0 aromatic heterocycles. The predicted molar refractivity (Wildman–Crippen MR) is 58.6 cm³/mol. The summed E-state index contributed by atoms with van der Waals surface area (Å²) in [5.41, 5.74) is 1.69. The summed E-state index contributed by atoms with van der Waals surface area (Å²) in [6.07, 6.45) is 2.42. The molecule has 1 rings (SSSR count). The lowest BCUT2D eigenvalue weighted by Crippen LogP contribution is -2.20. The van der Waals surface area contributed by atoms with E-state index in [1.807, 2.05) is 19.1 Å². The van der Waals surface area contributed by atoms with E-state index in [9.17, 15) is 14.7 Å². The first kappa shape index (κ1) is 12.0. The van der Waals surface area contributed by atoms with Crippen LogP contribution in [0.5, 0.6) is 0 Å². The molecule has 0 fully saturated rings. The summed E-state index contributed by atoms with van der Waals surface area (Å²) < 4.78 is 0. The Balaban J connectivity index is 2.73. The Morgan fingerprint density at radius 2 is 2.00 bits per heavy atom. The number of carbonyl (C=O) groups excluding carboxylic acids is 2. The number of carboxylic acid groups (broad SMARTS) is 1. The molecule has 84 valence electrons. The van der Waals surface area contributed by atoms with Crippen LogP contribution < -0.4 is 10.4 Å². The fraction of sp³-hybridized carbons (Fsp3) is 0.167. The number of hydrogen-bond donors (Lipinski definition) is 1. The first-order valence-corrected chi connectivity index (χ1v) is 4.91. The summed E-state index contributed by atoms with van der Waals surface area (Å²) in [6, 6.07) is 7.35. The molecule has 1 amide bonds. The van der Waals surface area contributed by atoms with Crippen LogP contribution in [0.4, 0.5) is 5.69 Å². The lowest BCUT2D eigenvalue weighted by Gasteiger charge is -2.07. The van der Waals surface area contributed by atoms with Gasteiger partial charge in [-0.05, 0) is 24.1 Å². The number of amides is 1. The number of carbonyl (C=O) groups is 2. The maximum Gasteiger partial charge on any atom is 0.248 e. The first-order valence-electron chi connectivity index (χ1n) is 4.91. The third-order valence-electron chi connectivity index (χ3n) is 2.03. The molecule has 1 aromatic rings. The number of nitrogens with one attached hydrogen (secondary N) is 1. The number of benzene rings is 1.